The number of nitrogens with zero attached hydrogens (tertiary/aromatic N) is 2. The van der Waals surface area contributed by atoms with E-state index < -0.39 is 14.9 Å². The Morgan fingerprint density at radius 3 is 2.42 bits per heavy atom. The molecule has 7 nitrogen and oxygen atoms in total. The summed E-state index contributed by atoms with van der Waals surface area (Å²) in [4.78, 5) is 12.2. The molecule has 0 radical (unpaired) electrons. The average molecular weight is 368 g/mol. The van der Waals surface area contributed by atoms with Crippen LogP contribution in [0.3, 0.4) is 0 Å². The molecular weight excluding hydrogens is 354 g/mol. The van der Waals surface area contributed by atoms with Crippen LogP contribution in [0.4, 0.5) is 5.69 Å². The third kappa shape index (κ3) is 4.09. The van der Waals surface area contributed by atoms with Gasteiger partial charge >= 0.3 is 0 Å². The molecule has 0 unspecified atom stereocenters. The van der Waals surface area contributed by atoms with Gasteiger partial charge in [-0.3, -0.25) is 10.1 Å². The number of nitro groups is 1. The fourth-order valence-electron chi connectivity index (χ4n) is 1.89. The van der Waals surface area contributed by atoms with Gasteiger partial charge in [-0.05, 0) is 37.6 Å². The molecule has 0 aliphatic heterocycles. The third-order valence-corrected chi connectivity index (χ3v) is 4.74. The second-order valence-electron chi connectivity index (χ2n) is 5.00. The van der Waals surface area contributed by atoms with Crippen molar-refractivity contribution < 1.29 is 13.3 Å². The van der Waals surface area contributed by atoms with Crippen LogP contribution in [0.25, 0.3) is 0 Å². The minimum atomic E-state index is -4.01. The van der Waals surface area contributed by atoms with Gasteiger partial charge in [0.25, 0.3) is 15.7 Å². The van der Waals surface area contributed by atoms with Crippen molar-refractivity contribution in [2.75, 3.05) is 0 Å². The number of hydrogen-bond acceptors (Lipinski definition) is 5. The molecule has 0 heterocycles. The zero-order valence-electron chi connectivity index (χ0n) is 12.9. The molecule has 9 heteroatoms. The summed E-state index contributed by atoms with van der Waals surface area (Å²) in [7, 11) is -4.01. The molecule has 2 aromatic carbocycles. The zero-order valence-corrected chi connectivity index (χ0v) is 14.4. The Hall–Kier alpha value is -2.45. The highest BCUT2D eigenvalue weighted by molar-refractivity contribution is 7.89. The summed E-state index contributed by atoms with van der Waals surface area (Å²) in [6.07, 6.45) is 0. The molecule has 0 bridgehead atoms. The third-order valence-electron chi connectivity index (χ3n) is 3.28. The van der Waals surface area contributed by atoms with Crippen LogP contribution < -0.4 is 4.83 Å². The molecule has 0 atom stereocenters. The smallest absolute Gasteiger partial charge is 0.258 e. The molecule has 0 spiro atoms. The van der Waals surface area contributed by atoms with E-state index in [0.717, 1.165) is 6.07 Å². The molecule has 0 amide bonds. The average Bonchev–Trinajstić information content (AvgIpc) is 2.53. The highest BCUT2D eigenvalue weighted by Crippen LogP contribution is 2.22. The summed E-state index contributed by atoms with van der Waals surface area (Å²) in [6.45, 7) is 3.16. The van der Waals surface area contributed by atoms with Crippen molar-refractivity contribution in [2.24, 2.45) is 5.10 Å². The number of aryl methyl sites for hydroxylation is 1. The van der Waals surface area contributed by atoms with Crippen molar-refractivity contribution >= 4 is 33.0 Å². The highest BCUT2D eigenvalue weighted by atomic mass is 35.5. The lowest BCUT2D eigenvalue weighted by atomic mass is 10.1. The van der Waals surface area contributed by atoms with Crippen molar-refractivity contribution in [3.8, 4) is 0 Å². The lowest BCUT2D eigenvalue weighted by Gasteiger charge is -2.06. The first-order valence-corrected chi connectivity index (χ1v) is 8.64. The number of hydrazone groups is 1. The summed E-state index contributed by atoms with van der Waals surface area (Å²) in [6, 6.07) is 10.4. The molecule has 2 aromatic rings. The van der Waals surface area contributed by atoms with Gasteiger partial charge in [0.2, 0.25) is 0 Å². The van der Waals surface area contributed by atoms with Crippen molar-refractivity contribution in [3.63, 3.8) is 0 Å². The number of nitro benzene ring substituents is 1. The maximum atomic E-state index is 12.2. The maximum absolute atomic E-state index is 12.2. The molecule has 2 rings (SSSR count). The van der Waals surface area contributed by atoms with Crippen LogP contribution >= 0.6 is 11.6 Å². The predicted octanol–water partition coefficient (Wildman–Crippen LogP) is 3.26. The number of sulfonamides is 1. The van der Waals surface area contributed by atoms with Crippen molar-refractivity contribution in [1.29, 1.82) is 0 Å². The van der Waals surface area contributed by atoms with E-state index in [0.29, 0.717) is 21.9 Å². The number of hydrogen-bond donors (Lipinski definition) is 1. The molecule has 24 heavy (non-hydrogen) atoms. The first-order chi connectivity index (χ1) is 11.2. The first kappa shape index (κ1) is 17.9. The van der Waals surface area contributed by atoms with E-state index >= 15 is 0 Å². The lowest BCUT2D eigenvalue weighted by Crippen LogP contribution is -2.20. The van der Waals surface area contributed by atoms with E-state index in [1.807, 2.05) is 0 Å². The van der Waals surface area contributed by atoms with Gasteiger partial charge in [-0.2, -0.15) is 18.4 Å². The molecule has 0 fully saturated rings. The second-order valence-corrected chi connectivity index (χ2v) is 7.10. The topological polar surface area (TPSA) is 102 Å². The van der Waals surface area contributed by atoms with Crippen LogP contribution in [-0.2, 0) is 10.0 Å². The Morgan fingerprint density at radius 2 is 1.83 bits per heavy atom. The van der Waals surface area contributed by atoms with Gasteiger partial charge in [0.05, 0.1) is 15.5 Å². The SMILES string of the molecule is CC(=NNS(=O)(=O)c1ccc(C)c([N+](=O)[O-])c1)c1ccc(Cl)cc1. The van der Waals surface area contributed by atoms with Gasteiger partial charge in [-0.15, -0.1) is 0 Å². The fraction of sp³-hybridized carbons (Fsp3) is 0.133. The summed E-state index contributed by atoms with van der Waals surface area (Å²) in [5.74, 6) is 0. The maximum Gasteiger partial charge on any atom is 0.276 e. The van der Waals surface area contributed by atoms with E-state index in [9.17, 15) is 18.5 Å². The summed E-state index contributed by atoms with van der Waals surface area (Å²) < 4.78 is 24.5. The van der Waals surface area contributed by atoms with E-state index in [1.54, 1.807) is 31.2 Å². The Kier molecular flexibility index (Phi) is 5.20. The standard InChI is InChI=1S/C15H14ClN3O4S/c1-10-3-8-14(9-15(10)19(20)21)24(22,23)18-17-11(2)12-4-6-13(16)7-5-12/h3-9,18H,1-2H3. The monoisotopic (exact) mass is 367 g/mol. The van der Waals surface area contributed by atoms with E-state index in [2.05, 4.69) is 9.93 Å². The van der Waals surface area contributed by atoms with Crippen LogP contribution in [0.1, 0.15) is 18.1 Å². The molecule has 126 valence electrons. The van der Waals surface area contributed by atoms with Gasteiger partial charge < -0.3 is 0 Å². The first-order valence-electron chi connectivity index (χ1n) is 6.78. The van der Waals surface area contributed by atoms with Crippen molar-refractivity contribution in [3.05, 3.63) is 68.7 Å². The minimum Gasteiger partial charge on any atom is -0.258 e. The molecule has 0 aliphatic rings. The normalized spacial score (nSPS) is 12.0. The van der Waals surface area contributed by atoms with Crippen molar-refractivity contribution in [1.82, 2.24) is 4.83 Å². The summed E-state index contributed by atoms with van der Waals surface area (Å²) in [5.41, 5.74) is 1.23. The minimum absolute atomic E-state index is 0.229. The van der Waals surface area contributed by atoms with Gasteiger partial charge in [-0.1, -0.05) is 29.8 Å². The number of nitrogens with one attached hydrogen (secondary N) is 1. The Morgan fingerprint density at radius 1 is 1.21 bits per heavy atom. The van der Waals surface area contributed by atoms with Crippen LogP contribution in [0.5, 0.6) is 0 Å². The van der Waals surface area contributed by atoms with Gasteiger partial charge in [0.1, 0.15) is 0 Å². The highest BCUT2D eigenvalue weighted by Gasteiger charge is 2.19. The quantitative estimate of drug-likeness (QED) is 0.497. The molecule has 1 N–H and O–H groups in total. The molecule has 0 saturated heterocycles. The zero-order chi connectivity index (χ0) is 17.9. The Balaban J connectivity index is 2.28. The largest absolute Gasteiger partial charge is 0.276 e. The van der Waals surface area contributed by atoms with Crippen LogP contribution in [0.2, 0.25) is 5.02 Å². The molecule has 0 aromatic heterocycles. The number of benzene rings is 2. The molecule has 0 saturated carbocycles. The number of halogens is 1. The van der Waals surface area contributed by atoms with Gasteiger partial charge in [-0.25, -0.2) is 0 Å². The van der Waals surface area contributed by atoms with Crippen LogP contribution in [-0.4, -0.2) is 19.1 Å². The Labute approximate surface area is 144 Å². The van der Waals surface area contributed by atoms with E-state index in [1.165, 1.54) is 19.1 Å². The van der Waals surface area contributed by atoms with Crippen LogP contribution in [0, 0.1) is 17.0 Å². The molecular formula is C15H14ClN3O4S. The van der Waals surface area contributed by atoms with Crippen molar-refractivity contribution in [2.45, 2.75) is 18.7 Å². The Bertz CT molecular complexity index is 909. The second kappa shape index (κ2) is 6.98. The van der Waals surface area contributed by atoms with E-state index in [-0.39, 0.29) is 10.6 Å². The summed E-state index contributed by atoms with van der Waals surface area (Å²) in [5, 5.41) is 15.3. The lowest BCUT2D eigenvalue weighted by molar-refractivity contribution is -0.385. The molecule has 0 aliphatic carbocycles. The van der Waals surface area contributed by atoms with Crippen LogP contribution in [0.15, 0.2) is 52.5 Å². The predicted molar refractivity (Wildman–Crippen MR) is 91.8 cm³/mol. The van der Waals surface area contributed by atoms with E-state index in [4.69, 9.17) is 11.6 Å². The fourth-order valence-corrected chi connectivity index (χ4v) is 2.89. The summed E-state index contributed by atoms with van der Waals surface area (Å²) >= 11 is 5.79. The van der Waals surface area contributed by atoms with Gasteiger partial charge in [0, 0.05) is 16.7 Å². The number of rotatable bonds is 5. The van der Waals surface area contributed by atoms with Gasteiger partial charge in [0.15, 0.2) is 0 Å².